The van der Waals surface area contributed by atoms with Crippen LogP contribution in [0.15, 0.2) is 0 Å². The predicted octanol–water partition coefficient (Wildman–Crippen LogP) is 1.61. The number of nitrogens with zero attached hydrogens (tertiary/aromatic N) is 1. The zero-order valence-corrected chi connectivity index (χ0v) is 9.10. The van der Waals surface area contributed by atoms with E-state index in [1.54, 1.807) is 0 Å². The third-order valence-corrected chi connectivity index (χ3v) is 4.42. The van der Waals surface area contributed by atoms with Crippen LogP contribution in [0.2, 0.25) is 0 Å². The summed E-state index contributed by atoms with van der Waals surface area (Å²) in [5, 5.41) is 3.64. The summed E-state index contributed by atoms with van der Waals surface area (Å²) in [6.45, 7) is 5.39. The quantitative estimate of drug-likeness (QED) is 0.718. The van der Waals surface area contributed by atoms with Crippen molar-refractivity contribution in [3.8, 4) is 0 Å². The van der Waals surface area contributed by atoms with Crippen molar-refractivity contribution in [1.82, 2.24) is 10.2 Å². The summed E-state index contributed by atoms with van der Waals surface area (Å²) in [4.78, 5) is 2.67. The third kappa shape index (κ3) is 1.59. The molecule has 80 valence electrons. The lowest BCUT2D eigenvalue weighted by Crippen LogP contribution is -2.62. The molecule has 1 atom stereocenters. The molecule has 3 rings (SSSR count). The van der Waals surface area contributed by atoms with Gasteiger partial charge >= 0.3 is 0 Å². The molecule has 1 aliphatic carbocycles. The maximum atomic E-state index is 3.64. The predicted molar refractivity (Wildman–Crippen MR) is 58.4 cm³/mol. The Morgan fingerprint density at radius 3 is 2.57 bits per heavy atom. The lowest BCUT2D eigenvalue weighted by atomic mass is 9.63. The number of likely N-dealkylation sites (tertiary alicyclic amines) is 1. The minimum absolute atomic E-state index is 0.807. The van der Waals surface area contributed by atoms with Crippen LogP contribution in [0.3, 0.4) is 0 Å². The average Bonchev–Trinajstić information content (AvgIpc) is 2.09. The van der Waals surface area contributed by atoms with Crippen LogP contribution in [-0.2, 0) is 0 Å². The fraction of sp³-hybridized carbons (Fsp3) is 1.00. The Labute approximate surface area is 87.0 Å². The normalized spacial score (nSPS) is 36.4. The molecule has 0 aromatic carbocycles. The maximum Gasteiger partial charge on any atom is 0.0195 e. The smallest absolute Gasteiger partial charge is 0.0195 e. The summed E-state index contributed by atoms with van der Waals surface area (Å²) >= 11 is 0. The molecule has 0 amide bonds. The molecular formula is C12H22N2. The van der Waals surface area contributed by atoms with Crippen molar-refractivity contribution >= 4 is 0 Å². The number of hydrogen-bond acceptors (Lipinski definition) is 2. The Bertz CT molecular complexity index is 196. The zero-order valence-electron chi connectivity index (χ0n) is 9.10. The van der Waals surface area contributed by atoms with Crippen LogP contribution in [0.1, 0.15) is 38.5 Å². The molecule has 2 heterocycles. The van der Waals surface area contributed by atoms with Gasteiger partial charge in [0, 0.05) is 25.7 Å². The van der Waals surface area contributed by atoms with E-state index in [1.165, 1.54) is 64.7 Å². The highest BCUT2D eigenvalue weighted by Crippen LogP contribution is 2.48. The van der Waals surface area contributed by atoms with Gasteiger partial charge < -0.3 is 10.2 Å². The van der Waals surface area contributed by atoms with Gasteiger partial charge in [0.15, 0.2) is 0 Å². The molecule has 1 spiro atoms. The second-order valence-electron chi connectivity index (χ2n) is 5.67. The molecule has 3 aliphatic rings. The zero-order chi connectivity index (χ0) is 9.43. The van der Waals surface area contributed by atoms with Gasteiger partial charge in [-0.3, -0.25) is 0 Å². The number of nitrogens with one attached hydrogen (secondary N) is 1. The summed E-state index contributed by atoms with van der Waals surface area (Å²) < 4.78 is 0. The van der Waals surface area contributed by atoms with E-state index >= 15 is 0 Å². The summed E-state index contributed by atoms with van der Waals surface area (Å²) in [6, 6.07) is 0.807. The minimum Gasteiger partial charge on any atom is -0.313 e. The summed E-state index contributed by atoms with van der Waals surface area (Å²) in [6.07, 6.45) is 8.76. The molecule has 1 N–H and O–H groups in total. The van der Waals surface area contributed by atoms with E-state index in [0.29, 0.717) is 0 Å². The van der Waals surface area contributed by atoms with Crippen LogP contribution in [0.25, 0.3) is 0 Å². The van der Waals surface area contributed by atoms with Crippen LogP contribution in [0, 0.1) is 5.41 Å². The van der Waals surface area contributed by atoms with Gasteiger partial charge in [-0.25, -0.2) is 0 Å². The van der Waals surface area contributed by atoms with Gasteiger partial charge in [0.1, 0.15) is 0 Å². The molecule has 1 unspecified atom stereocenters. The van der Waals surface area contributed by atoms with Crippen molar-refractivity contribution in [3.63, 3.8) is 0 Å². The van der Waals surface area contributed by atoms with Gasteiger partial charge in [-0.1, -0.05) is 12.8 Å². The number of rotatable bonds is 2. The highest BCUT2D eigenvalue weighted by Gasteiger charge is 2.47. The van der Waals surface area contributed by atoms with E-state index < -0.39 is 0 Å². The first-order chi connectivity index (χ1) is 6.86. The third-order valence-electron chi connectivity index (χ3n) is 4.42. The molecule has 1 saturated carbocycles. The molecule has 14 heavy (non-hydrogen) atoms. The Kier molecular flexibility index (Phi) is 2.29. The van der Waals surface area contributed by atoms with Gasteiger partial charge in [0.2, 0.25) is 0 Å². The summed E-state index contributed by atoms with van der Waals surface area (Å²) in [5.41, 5.74) is 0.814. The topological polar surface area (TPSA) is 15.3 Å². The maximum absolute atomic E-state index is 3.64. The van der Waals surface area contributed by atoms with Crippen molar-refractivity contribution in [2.24, 2.45) is 5.41 Å². The Morgan fingerprint density at radius 1 is 1.14 bits per heavy atom. The highest BCUT2D eigenvalue weighted by molar-refractivity contribution is 5.01. The molecular weight excluding hydrogens is 172 g/mol. The Hall–Kier alpha value is -0.0800. The Balaban J connectivity index is 1.41. The van der Waals surface area contributed by atoms with Gasteiger partial charge in [0.05, 0.1) is 0 Å². The molecule has 2 heteroatoms. The van der Waals surface area contributed by atoms with Crippen molar-refractivity contribution in [2.45, 2.75) is 44.6 Å². The second kappa shape index (κ2) is 3.49. The largest absolute Gasteiger partial charge is 0.313 e. The van der Waals surface area contributed by atoms with Gasteiger partial charge in [-0.2, -0.15) is 0 Å². The molecule has 2 aliphatic heterocycles. The van der Waals surface area contributed by atoms with Crippen LogP contribution < -0.4 is 5.32 Å². The van der Waals surface area contributed by atoms with E-state index in [0.717, 1.165) is 11.5 Å². The Morgan fingerprint density at radius 2 is 2.00 bits per heavy atom. The van der Waals surface area contributed by atoms with Crippen LogP contribution in [0.4, 0.5) is 0 Å². The average molecular weight is 194 g/mol. The van der Waals surface area contributed by atoms with Gasteiger partial charge in [-0.15, -0.1) is 0 Å². The first kappa shape index (κ1) is 9.17. The van der Waals surface area contributed by atoms with E-state index in [9.17, 15) is 0 Å². The fourth-order valence-corrected chi connectivity index (χ4v) is 3.42. The second-order valence-corrected chi connectivity index (χ2v) is 5.67. The minimum atomic E-state index is 0.807. The van der Waals surface area contributed by atoms with Crippen molar-refractivity contribution < 1.29 is 0 Å². The van der Waals surface area contributed by atoms with Crippen LogP contribution in [0.5, 0.6) is 0 Å². The fourth-order valence-electron chi connectivity index (χ4n) is 3.42. The van der Waals surface area contributed by atoms with E-state index in [-0.39, 0.29) is 0 Å². The first-order valence-electron chi connectivity index (χ1n) is 6.32. The summed E-state index contributed by atoms with van der Waals surface area (Å²) in [7, 11) is 0. The molecule has 0 aromatic rings. The van der Waals surface area contributed by atoms with E-state index in [1.807, 2.05) is 0 Å². The van der Waals surface area contributed by atoms with E-state index in [2.05, 4.69) is 10.2 Å². The number of piperidine rings is 1. The van der Waals surface area contributed by atoms with E-state index in [4.69, 9.17) is 0 Å². The van der Waals surface area contributed by atoms with Crippen molar-refractivity contribution in [3.05, 3.63) is 0 Å². The first-order valence-corrected chi connectivity index (χ1v) is 6.32. The lowest BCUT2D eigenvalue weighted by molar-refractivity contribution is -0.0643. The van der Waals surface area contributed by atoms with Crippen LogP contribution >= 0.6 is 0 Å². The SMILES string of the molecule is C1CCC(CN2CC3(CCC3)C2)NC1. The molecule has 2 saturated heterocycles. The van der Waals surface area contributed by atoms with Gasteiger partial charge in [0.25, 0.3) is 0 Å². The van der Waals surface area contributed by atoms with Crippen molar-refractivity contribution in [1.29, 1.82) is 0 Å². The summed E-state index contributed by atoms with van der Waals surface area (Å²) in [5.74, 6) is 0. The lowest BCUT2D eigenvalue weighted by Gasteiger charge is -2.57. The van der Waals surface area contributed by atoms with Crippen molar-refractivity contribution in [2.75, 3.05) is 26.2 Å². The van der Waals surface area contributed by atoms with Crippen LogP contribution in [-0.4, -0.2) is 37.1 Å². The molecule has 0 bridgehead atoms. The standard InChI is InChI=1S/C12H22N2/c1-2-7-13-11(4-1)8-14-9-12(10-14)5-3-6-12/h11,13H,1-10H2. The molecule has 0 aromatic heterocycles. The molecule has 2 nitrogen and oxygen atoms in total. The monoisotopic (exact) mass is 194 g/mol. The number of hydrogen-bond donors (Lipinski definition) is 1. The van der Waals surface area contributed by atoms with Gasteiger partial charge in [-0.05, 0) is 37.6 Å². The molecule has 0 radical (unpaired) electrons. The highest BCUT2D eigenvalue weighted by atomic mass is 15.2. The molecule has 3 fully saturated rings.